The highest BCUT2D eigenvalue weighted by atomic mass is 32.1. The summed E-state index contributed by atoms with van der Waals surface area (Å²) in [6.07, 6.45) is 5.33. The highest BCUT2D eigenvalue weighted by Gasteiger charge is 2.33. The molecule has 2 heterocycles. The third-order valence-corrected chi connectivity index (χ3v) is 9.28. The number of amides is 1. The van der Waals surface area contributed by atoms with Crippen molar-refractivity contribution in [1.82, 2.24) is 15.3 Å². The minimum atomic E-state index is -4.57. The normalized spacial score (nSPS) is 17.8. The zero-order chi connectivity index (χ0) is 30.6. The maximum Gasteiger partial charge on any atom is 0.425 e. The van der Waals surface area contributed by atoms with Crippen molar-refractivity contribution < 1.29 is 27.9 Å². The number of rotatable bonds is 9. The van der Waals surface area contributed by atoms with Gasteiger partial charge in [-0.3, -0.25) is 4.79 Å². The lowest BCUT2D eigenvalue weighted by Gasteiger charge is -2.28. The third kappa shape index (κ3) is 7.48. The second-order valence-electron chi connectivity index (χ2n) is 11.0. The molecule has 224 valence electrons. The molecule has 2 N–H and O–H groups in total. The van der Waals surface area contributed by atoms with Gasteiger partial charge in [0, 0.05) is 29.9 Å². The van der Waals surface area contributed by atoms with Crippen molar-refractivity contribution in [3.63, 3.8) is 0 Å². The van der Waals surface area contributed by atoms with E-state index < -0.39 is 29.0 Å². The fraction of sp³-hybridized carbons (Fsp3) is 0.333. The van der Waals surface area contributed by atoms with Crippen LogP contribution in [0.3, 0.4) is 0 Å². The number of carbonyl (C=O) groups is 2. The molecule has 2 aromatic carbocycles. The lowest BCUT2D eigenvalue weighted by Crippen LogP contribution is -2.42. The van der Waals surface area contributed by atoms with E-state index in [1.54, 1.807) is 36.7 Å². The van der Waals surface area contributed by atoms with Crippen molar-refractivity contribution in [1.29, 1.82) is 0 Å². The largest absolute Gasteiger partial charge is 0.480 e. The Morgan fingerprint density at radius 1 is 0.907 bits per heavy atom. The summed E-state index contributed by atoms with van der Waals surface area (Å²) in [4.78, 5) is 32.1. The van der Waals surface area contributed by atoms with Gasteiger partial charge in [0.25, 0.3) is 5.91 Å². The molecular formula is C33H32F3N3O3S. The van der Waals surface area contributed by atoms with Crippen molar-refractivity contribution in [2.45, 2.75) is 63.6 Å². The summed E-state index contributed by atoms with van der Waals surface area (Å²) in [6.45, 7) is 2.28. The van der Waals surface area contributed by atoms with Crippen LogP contribution < -0.4 is 5.32 Å². The Balaban J connectivity index is 1.19. The summed E-state index contributed by atoms with van der Waals surface area (Å²) in [5, 5.41) is 11.9. The predicted octanol–water partition coefficient (Wildman–Crippen LogP) is 8.00. The van der Waals surface area contributed by atoms with Gasteiger partial charge < -0.3 is 10.4 Å². The van der Waals surface area contributed by atoms with Crippen LogP contribution in [0.25, 0.3) is 22.5 Å². The summed E-state index contributed by atoms with van der Waals surface area (Å²) in [5.41, 5.74) is 4.71. The molecule has 1 fully saturated rings. The summed E-state index contributed by atoms with van der Waals surface area (Å²) < 4.78 is 38.6. The first-order chi connectivity index (χ1) is 20.6. The summed E-state index contributed by atoms with van der Waals surface area (Å²) in [7, 11) is 0. The molecule has 6 nitrogen and oxygen atoms in total. The Morgan fingerprint density at radius 2 is 1.53 bits per heavy atom. The Labute approximate surface area is 252 Å². The molecule has 2 aromatic heterocycles. The van der Waals surface area contributed by atoms with E-state index in [0.717, 1.165) is 34.7 Å². The first kappa shape index (κ1) is 30.4. The van der Waals surface area contributed by atoms with Gasteiger partial charge in [-0.1, -0.05) is 61.9 Å². The number of hydrogen-bond donors (Lipinski definition) is 2. The van der Waals surface area contributed by atoms with Crippen molar-refractivity contribution in [3.05, 3.63) is 93.9 Å². The van der Waals surface area contributed by atoms with E-state index in [0.29, 0.717) is 17.3 Å². The Hall–Kier alpha value is -4.05. The minimum Gasteiger partial charge on any atom is -0.480 e. The molecule has 1 amide bonds. The quantitative estimate of drug-likeness (QED) is 0.201. The van der Waals surface area contributed by atoms with Crippen LogP contribution in [0.5, 0.6) is 0 Å². The van der Waals surface area contributed by atoms with Crippen LogP contribution in [-0.4, -0.2) is 33.0 Å². The molecule has 10 heteroatoms. The number of benzene rings is 2. The van der Waals surface area contributed by atoms with E-state index in [2.05, 4.69) is 46.5 Å². The van der Waals surface area contributed by atoms with E-state index in [4.69, 9.17) is 0 Å². The van der Waals surface area contributed by atoms with E-state index >= 15 is 0 Å². The number of carboxylic acid groups (broad SMARTS) is 1. The smallest absolute Gasteiger partial charge is 0.425 e. The standard InChI is InChI=1S/C33H32F3N3O3S/c1-2-20-3-7-22(8-4-20)23-11-13-24(14-12-23)26-18-37-30(38-19-26)25-9-5-21(6-10-25)17-27(32(41)42)39-31(40)28-15-16-29(43-28)33(34,35)36/h5-6,9-16,18-20,22,27H,2-4,7-8,17H2,1H3,(H,39,40)(H,41,42)/t20-,22-,27-/m0/s1. The number of nitrogens with one attached hydrogen (secondary N) is 1. The molecule has 5 rings (SSSR count). The Morgan fingerprint density at radius 3 is 2.09 bits per heavy atom. The molecule has 0 aliphatic heterocycles. The van der Waals surface area contributed by atoms with Crippen molar-refractivity contribution in [3.8, 4) is 22.5 Å². The molecule has 0 spiro atoms. The van der Waals surface area contributed by atoms with Crippen LogP contribution in [0, 0.1) is 5.92 Å². The number of alkyl halides is 3. The van der Waals surface area contributed by atoms with Crippen molar-refractivity contribution in [2.24, 2.45) is 5.92 Å². The van der Waals surface area contributed by atoms with Gasteiger partial charge >= 0.3 is 12.1 Å². The van der Waals surface area contributed by atoms with Gasteiger partial charge in [0.05, 0.1) is 4.88 Å². The van der Waals surface area contributed by atoms with Gasteiger partial charge in [0.15, 0.2) is 5.82 Å². The number of carboxylic acids is 1. The van der Waals surface area contributed by atoms with Gasteiger partial charge in [0.1, 0.15) is 10.9 Å². The van der Waals surface area contributed by atoms with Crippen LogP contribution in [0.4, 0.5) is 13.2 Å². The molecule has 0 unspecified atom stereocenters. The topological polar surface area (TPSA) is 92.2 Å². The third-order valence-electron chi connectivity index (χ3n) is 8.16. The first-order valence-corrected chi connectivity index (χ1v) is 15.1. The number of thiophene rings is 1. The number of hydrogen-bond acceptors (Lipinski definition) is 5. The van der Waals surface area contributed by atoms with E-state index in [9.17, 15) is 27.9 Å². The minimum absolute atomic E-state index is 0.0469. The van der Waals surface area contributed by atoms with Crippen molar-refractivity contribution >= 4 is 23.2 Å². The Bertz CT molecular complexity index is 1540. The summed E-state index contributed by atoms with van der Waals surface area (Å²) >= 11 is 0.270. The van der Waals surface area contributed by atoms with Crippen LogP contribution in [0.15, 0.2) is 73.1 Å². The molecule has 1 aliphatic carbocycles. The molecule has 4 aromatic rings. The number of aliphatic carboxylic acids is 1. The van der Waals surface area contributed by atoms with Gasteiger partial charge in [-0.25, -0.2) is 14.8 Å². The van der Waals surface area contributed by atoms with Gasteiger partial charge in [0.2, 0.25) is 0 Å². The molecule has 0 radical (unpaired) electrons. The van der Waals surface area contributed by atoms with Crippen LogP contribution in [0.2, 0.25) is 0 Å². The Kier molecular flexibility index (Phi) is 9.25. The first-order valence-electron chi connectivity index (χ1n) is 14.3. The van der Waals surface area contributed by atoms with Gasteiger partial charge in [-0.05, 0) is 66.3 Å². The highest BCUT2D eigenvalue weighted by Crippen LogP contribution is 2.37. The fourth-order valence-electron chi connectivity index (χ4n) is 5.55. The lowest BCUT2D eigenvalue weighted by molar-refractivity contribution is -0.139. The van der Waals surface area contributed by atoms with Gasteiger partial charge in [-0.15, -0.1) is 11.3 Å². The molecule has 1 saturated carbocycles. The molecule has 0 saturated heterocycles. The van der Waals surface area contributed by atoms with Crippen LogP contribution in [-0.2, 0) is 17.4 Å². The second kappa shape index (κ2) is 13.1. The van der Waals surface area contributed by atoms with Crippen LogP contribution in [0.1, 0.15) is 70.6 Å². The molecule has 1 atom stereocenters. The molecular weight excluding hydrogens is 575 g/mol. The second-order valence-corrected chi connectivity index (χ2v) is 12.1. The van der Waals surface area contributed by atoms with Crippen molar-refractivity contribution in [2.75, 3.05) is 0 Å². The lowest BCUT2D eigenvalue weighted by atomic mass is 9.78. The predicted molar refractivity (Wildman–Crippen MR) is 160 cm³/mol. The SMILES string of the molecule is CC[C@H]1CC[C@H](c2ccc(-c3cnc(-c4ccc(C[C@H](NC(=O)c5ccc(C(F)(F)F)s5)C(=O)O)cc4)nc3)cc2)CC1. The van der Waals surface area contributed by atoms with E-state index in [-0.39, 0.29) is 22.6 Å². The average molecular weight is 608 g/mol. The zero-order valence-corrected chi connectivity index (χ0v) is 24.4. The maximum atomic E-state index is 12.9. The molecule has 0 bridgehead atoms. The number of nitrogens with zero attached hydrogens (tertiary/aromatic N) is 2. The fourth-order valence-corrected chi connectivity index (χ4v) is 6.32. The summed E-state index contributed by atoms with van der Waals surface area (Å²) in [5.74, 6) is -0.143. The zero-order valence-electron chi connectivity index (χ0n) is 23.6. The highest BCUT2D eigenvalue weighted by molar-refractivity contribution is 7.14. The monoisotopic (exact) mass is 607 g/mol. The van der Waals surface area contributed by atoms with E-state index in [1.165, 1.54) is 37.7 Å². The van der Waals surface area contributed by atoms with Gasteiger partial charge in [-0.2, -0.15) is 13.2 Å². The number of carbonyl (C=O) groups excluding carboxylic acids is 1. The molecule has 43 heavy (non-hydrogen) atoms. The molecule has 1 aliphatic rings. The van der Waals surface area contributed by atoms with E-state index in [1.807, 2.05) is 0 Å². The number of aromatic nitrogens is 2. The number of halogens is 3. The average Bonchev–Trinajstić information content (AvgIpc) is 3.53. The maximum absolute atomic E-state index is 12.9. The summed E-state index contributed by atoms with van der Waals surface area (Å²) in [6, 6.07) is 16.2. The van der Waals surface area contributed by atoms with Crippen LogP contribution >= 0.6 is 11.3 Å².